The van der Waals surface area contributed by atoms with Crippen LogP contribution in [-0.2, 0) is 13.2 Å². The van der Waals surface area contributed by atoms with E-state index in [0.717, 1.165) is 48.9 Å². The topological polar surface area (TPSA) is 87.0 Å². The Bertz CT molecular complexity index is 876. The van der Waals surface area contributed by atoms with Crippen molar-refractivity contribution in [3.63, 3.8) is 0 Å². The molecule has 0 spiro atoms. The summed E-state index contributed by atoms with van der Waals surface area (Å²) in [7, 11) is 0. The third-order valence-electron chi connectivity index (χ3n) is 4.90. The highest BCUT2D eigenvalue weighted by atomic mass is 16.3. The molecule has 2 N–H and O–H groups in total. The number of rotatable bonds is 4. The molecule has 7 nitrogen and oxygen atoms in total. The lowest BCUT2D eigenvalue weighted by molar-refractivity contribution is 0.0681. The molecule has 3 aromatic rings. The van der Waals surface area contributed by atoms with Gasteiger partial charge in [0.15, 0.2) is 0 Å². The Balaban J connectivity index is 1.36. The summed E-state index contributed by atoms with van der Waals surface area (Å²) in [6, 6.07) is 7.78. The Morgan fingerprint density at radius 1 is 1.28 bits per heavy atom. The number of benzene rings is 1. The number of hydrogen-bond acceptors (Lipinski definition) is 4. The van der Waals surface area contributed by atoms with Gasteiger partial charge in [-0.25, -0.2) is 0 Å². The summed E-state index contributed by atoms with van der Waals surface area (Å²) in [4.78, 5) is 17.8. The number of fused-ring (bicyclic) bond motifs is 1. The Hall–Kier alpha value is -2.67. The molecule has 4 rings (SSSR count). The molecule has 0 saturated carbocycles. The smallest absolute Gasteiger partial charge is 0.253 e. The van der Waals surface area contributed by atoms with Gasteiger partial charge in [0, 0.05) is 42.3 Å². The Labute approximate surface area is 145 Å². The van der Waals surface area contributed by atoms with Gasteiger partial charge < -0.3 is 15.0 Å². The molecule has 25 heavy (non-hydrogen) atoms. The van der Waals surface area contributed by atoms with Crippen molar-refractivity contribution >= 4 is 16.8 Å². The Kier molecular flexibility index (Phi) is 4.23. The van der Waals surface area contributed by atoms with Gasteiger partial charge in [-0.1, -0.05) is 5.21 Å². The number of H-pyrrole nitrogens is 1. The van der Waals surface area contributed by atoms with Crippen LogP contribution < -0.4 is 0 Å². The molecule has 1 amide bonds. The summed E-state index contributed by atoms with van der Waals surface area (Å²) in [5.41, 5.74) is 2.38. The fourth-order valence-electron chi connectivity index (χ4n) is 3.45. The summed E-state index contributed by atoms with van der Waals surface area (Å²) in [5, 5.41) is 18.0. The van der Waals surface area contributed by atoms with E-state index >= 15 is 0 Å². The number of nitrogens with one attached hydrogen (secondary N) is 1. The van der Waals surface area contributed by atoms with E-state index in [0.29, 0.717) is 11.6 Å². The van der Waals surface area contributed by atoms with Gasteiger partial charge in [0.05, 0.1) is 12.8 Å². The van der Waals surface area contributed by atoms with Crippen LogP contribution in [0.5, 0.6) is 0 Å². The molecule has 1 saturated heterocycles. The molecule has 0 unspecified atom stereocenters. The summed E-state index contributed by atoms with van der Waals surface area (Å²) >= 11 is 0. The van der Waals surface area contributed by atoms with Gasteiger partial charge in [0.1, 0.15) is 5.69 Å². The first kappa shape index (κ1) is 15.8. The third-order valence-corrected chi connectivity index (χ3v) is 4.90. The number of carbonyl (C=O) groups excluding carboxylic acids is 1. The van der Waals surface area contributed by atoms with Crippen molar-refractivity contribution in [3.8, 4) is 0 Å². The molecular weight excluding hydrogens is 318 g/mol. The minimum Gasteiger partial charge on any atom is -0.390 e. The minimum atomic E-state index is -0.0849. The van der Waals surface area contributed by atoms with Gasteiger partial charge >= 0.3 is 0 Å². The number of aromatic nitrogens is 4. The number of aromatic amines is 1. The summed E-state index contributed by atoms with van der Waals surface area (Å²) in [6.07, 6.45) is 5.57. The number of aliphatic hydroxyl groups excluding tert-OH is 1. The van der Waals surface area contributed by atoms with E-state index in [9.17, 15) is 4.79 Å². The average molecular weight is 339 g/mol. The predicted octanol–water partition coefficient (Wildman–Crippen LogP) is 1.80. The van der Waals surface area contributed by atoms with E-state index in [1.165, 1.54) is 0 Å². The van der Waals surface area contributed by atoms with Crippen molar-refractivity contribution in [3.05, 3.63) is 47.9 Å². The van der Waals surface area contributed by atoms with Crippen molar-refractivity contribution in [2.24, 2.45) is 5.92 Å². The molecular formula is C18H21N5O2. The Morgan fingerprint density at radius 3 is 2.88 bits per heavy atom. The van der Waals surface area contributed by atoms with Crippen molar-refractivity contribution in [2.75, 3.05) is 13.1 Å². The monoisotopic (exact) mass is 339 g/mol. The number of carbonyl (C=O) groups is 1. The molecule has 0 aliphatic carbocycles. The zero-order valence-electron chi connectivity index (χ0n) is 13.9. The second-order valence-corrected chi connectivity index (χ2v) is 6.61. The van der Waals surface area contributed by atoms with Crippen LogP contribution >= 0.6 is 0 Å². The molecule has 0 bridgehead atoms. The lowest BCUT2D eigenvalue weighted by Crippen LogP contribution is -2.39. The number of nitrogens with zero attached hydrogens (tertiary/aromatic N) is 4. The van der Waals surface area contributed by atoms with E-state index in [1.54, 1.807) is 10.9 Å². The van der Waals surface area contributed by atoms with Gasteiger partial charge in [-0.05, 0) is 43.0 Å². The highest BCUT2D eigenvalue weighted by Gasteiger charge is 2.24. The van der Waals surface area contributed by atoms with Crippen LogP contribution in [0.25, 0.3) is 10.9 Å². The van der Waals surface area contributed by atoms with Gasteiger partial charge in [0.2, 0.25) is 0 Å². The maximum Gasteiger partial charge on any atom is 0.253 e. The van der Waals surface area contributed by atoms with Gasteiger partial charge in [-0.2, -0.15) is 0 Å². The molecule has 1 aliphatic heterocycles. The van der Waals surface area contributed by atoms with Crippen LogP contribution in [0.4, 0.5) is 0 Å². The largest absolute Gasteiger partial charge is 0.390 e. The molecule has 1 fully saturated rings. The third kappa shape index (κ3) is 3.28. The maximum atomic E-state index is 12.7. The van der Waals surface area contributed by atoms with Crippen LogP contribution in [0.1, 0.15) is 28.9 Å². The normalized spacial score (nSPS) is 15.8. The fourth-order valence-corrected chi connectivity index (χ4v) is 3.45. The second-order valence-electron chi connectivity index (χ2n) is 6.61. The lowest BCUT2D eigenvalue weighted by Gasteiger charge is -2.32. The number of amides is 1. The SMILES string of the molecule is O=C(c1ccc2[nH]ccc2c1)N1CCC(Cn2cc(CO)nn2)CC1. The molecule has 3 heterocycles. The first-order chi connectivity index (χ1) is 12.2. The van der Waals surface area contributed by atoms with Crippen molar-refractivity contribution < 1.29 is 9.90 Å². The molecule has 0 radical (unpaired) electrons. The van der Waals surface area contributed by atoms with E-state index in [-0.39, 0.29) is 12.5 Å². The zero-order valence-corrected chi connectivity index (χ0v) is 13.9. The van der Waals surface area contributed by atoms with Crippen molar-refractivity contribution in [2.45, 2.75) is 26.0 Å². The predicted molar refractivity (Wildman–Crippen MR) is 92.9 cm³/mol. The van der Waals surface area contributed by atoms with Crippen LogP contribution in [0, 0.1) is 5.92 Å². The van der Waals surface area contributed by atoms with Crippen molar-refractivity contribution in [1.82, 2.24) is 24.9 Å². The first-order valence-corrected chi connectivity index (χ1v) is 8.59. The summed E-state index contributed by atoms with van der Waals surface area (Å²) in [6.45, 7) is 2.22. The zero-order chi connectivity index (χ0) is 17.2. The van der Waals surface area contributed by atoms with Crippen molar-refractivity contribution in [1.29, 1.82) is 0 Å². The van der Waals surface area contributed by atoms with Gasteiger partial charge in [-0.15, -0.1) is 5.10 Å². The van der Waals surface area contributed by atoms with E-state index in [4.69, 9.17) is 5.11 Å². The number of piperidine rings is 1. The fraction of sp³-hybridized carbons (Fsp3) is 0.389. The summed E-state index contributed by atoms with van der Waals surface area (Å²) < 4.78 is 1.79. The van der Waals surface area contributed by atoms with Crippen LogP contribution in [0.2, 0.25) is 0 Å². The van der Waals surface area contributed by atoms with Gasteiger partial charge in [0.25, 0.3) is 5.91 Å². The van der Waals surface area contributed by atoms with E-state index in [1.807, 2.05) is 35.4 Å². The molecule has 2 aromatic heterocycles. The molecule has 130 valence electrons. The van der Waals surface area contributed by atoms with E-state index in [2.05, 4.69) is 15.3 Å². The molecule has 1 aromatic carbocycles. The molecule has 1 aliphatic rings. The first-order valence-electron chi connectivity index (χ1n) is 8.59. The van der Waals surface area contributed by atoms with Crippen LogP contribution in [0.3, 0.4) is 0 Å². The standard InChI is InChI=1S/C18H21N5O2/c24-12-16-11-23(21-20-16)10-13-4-7-22(8-5-13)18(25)15-1-2-17-14(9-15)3-6-19-17/h1-3,6,9,11,13,19,24H,4-5,7-8,10,12H2. The second kappa shape index (κ2) is 6.68. The van der Waals surface area contributed by atoms with E-state index < -0.39 is 0 Å². The average Bonchev–Trinajstić information content (AvgIpc) is 3.30. The summed E-state index contributed by atoms with van der Waals surface area (Å²) in [5.74, 6) is 0.578. The van der Waals surface area contributed by atoms with Gasteiger partial charge in [-0.3, -0.25) is 9.48 Å². The quantitative estimate of drug-likeness (QED) is 0.759. The van der Waals surface area contributed by atoms with Crippen LogP contribution in [-0.4, -0.2) is 49.0 Å². The minimum absolute atomic E-state index is 0.0849. The number of aliphatic hydroxyl groups is 1. The maximum absolute atomic E-state index is 12.7. The Morgan fingerprint density at radius 2 is 2.12 bits per heavy atom. The highest BCUT2D eigenvalue weighted by molar-refractivity contribution is 5.98. The highest BCUT2D eigenvalue weighted by Crippen LogP contribution is 2.22. The molecule has 7 heteroatoms. The molecule has 0 atom stereocenters. The lowest BCUT2D eigenvalue weighted by atomic mass is 9.96. The number of likely N-dealkylation sites (tertiary alicyclic amines) is 1. The number of hydrogen-bond donors (Lipinski definition) is 2. The van der Waals surface area contributed by atoms with Crippen LogP contribution in [0.15, 0.2) is 36.7 Å².